The Morgan fingerprint density at radius 1 is 1.03 bits per heavy atom. The third-order valence-electron chi connectivity index (χ3n) is 5.11. The highest BCUT2D eigenvalue weighted by Crippen LogP contribution is 2.22. The van der Waals surface area contributed by atoms with Crippen molar-refractivity contribution < 1.29 is 14.7 Å². The van der Waals surface area contributed by atoms with Crippen LogP contribution in [0.25, 0.3) is 10.9 Å². The van der Waals surface area contributed by atoms with E-state index in [1.54, 1.807) is 16.8 Å². The van der Waals surface area contributed by atoms with Crippen LogP contribution in [-0.2, 0) is 6.54 Å². The molecule has 156 valence electrons. The molecular weight excluding hydrogens is 414 g/mol. The quantitative estimate of drug-likeness (QED) is 0.451. The van der Waals surface area contributed by atoms with Crippen molar-refractivity contribution >= 4 is 34.4 Å². The molecule has 0 aliphatic rings. The number of aromatic carboxylic acids is 1. The SMILES string of the molecule is C[C@H](NC(=O)c1c2ccccc2nn1Cc1ccc(Cl)cc1)c1ccc(C(=O)O)cc1. The normalized spacial score (nSPS) is 11.9. The molecule has 6 nitrogen and oxygen atoms in total. The van der Waals surface area contributed by atoms with Gasteiger partial charge < -0.3 is 10.4 Å². The summed E-state index contributed by atoms with van der Waals surface area (Å²) < 4.78 is 1.70. The summed E-state index contributed by atoms with van der Waals surface area (Å²) in [6.45, 7) is 2.28. The molecule has 7 heteroatoms. The Balaban J connectivity index is 1.63. The number of halogens is 1. The van der Waals surface area contributed by atoms with E-state index in [1.807, 2.05) is 55.5 Å². The Labute approximate surface area is 184 Å². The topological polar surface area (TPSA) is 84.2 Å². The molecule has 1 heterocycles. The van der Waals surface area contributed by atoms with Crippen LogP contribution in [0.3, 0.4) is 0 Å². The summed E-state index contributed by atoms with van der Waals surface area (Å²) in [5, 5.41) is 18.1. The van der Waals surface area contributed by atoms with E-state index in [-0.39, 0.29) is 17.5 Å². The fourth-order valence-electron chi connectivity index (χ4n) is 3.46. The summed E-state index contributed by atoms with van der Waals surface area (Å²) in [4.78, 5) is 24.3. The van der Waals surface area contributed by atoms with Crippen LogP contribution in [0.2, 0.25) is 5.02 Å². The Morgan fingerprint density at radius 3 is 2.39 bits per heavy atom. The van der Waals surface area contributed by atoms with Gasteiger partial charge in [-0.05, 0) is 48.4 Å². The van der Waals surface area contributed by atoms with Gasteiger partial charge in [-0.3, -0.25) is 9.48 Å². The minimum Gasteiger partial charge on any atom is -0.478 e. The Bertz CT molecular complexity index is 1250. The molecule has 1 aromatic heterocycles. The summed E-state index contributed by atoms with van der Waals surface area (Å²) in [5.41, 5.74) is 3.20. The van der Waals surface area contributed by atoms with Crippen molar-refractivity contribution in [1.29, 1.82) is 0 Å². The number of nitrogens with zero attached hydrogens (tertiary/aromatic N) is 2. The first kappa shape index (κ1) is 20.6. The molecule has 0 spiro atoms. The maximum Gasteiger partial charge on any atom is 0.335 e. The van der Waals surface area contributed by atoms with E-state index in [9.17, 15) is 9.59 Å². The van der Waals surface area contributed by atoms with E-state index in [0.717, 1.165) is 22.0 Å². The van der Waals surface area contributed by atoms with Crippen LogP contribution in [-0.4, -0.2) is 26.8 Å². The molecule has 2 N–H and O–H groups in total. The second-order valence-corrected chi connectivity index (χ2v) is 7.71. The Morgan fingerprint density at radius 2 is 1.71 bits per heavy atom. The molecule has 0 saturated heterocycles. The second-order valence-electron chi connectivity index (χ2n) is 7.27. The van der Waals surface area contributed by atoms with Crippen LogP contribution in [0.1, 0.15) is 44.9 Å². The van der Waals surface area contributed by atoms with Crippen molar-refractivity contribution in [2.24, 2.45) is 0 Å². The number of amides is 1. The molecule has 0 fully saturated rings. The van der Waals surface area contributed by atoms with Gasteiger partial charge in [0.05, 0.1) is 23.7 Å². The summed E-state index contributed by atoms with van der Waals surface area (Å²) in [5.74, 6) is -1.24. The number of carbonyl (C=O) groups is 2. The zero-order chi connectivity index (χ0) is 22.0. The highest BCUT2D eigenvalue weighted by molar-refractivity contribution is 6.30. The molecule has 0 aliphatic carbocycles. The van der Waals surface area contributed by atoms with Gasteiger partial charge in [-0.15, -0.1) is 0 Å². The molecule has 4 aromatic rings. The van der Waals surface area contributed by atoms with Crippen LogP contribution in [0.4, 0.5) is 0 Å². The third-order valence-corrected chi connectivity index (χ3v) is 5.36. The largest absolute Gasteiger partial charge is 0.478 e. The number of fused-ring (bicyclic) bond motifs is 1. The summed E-state index contributed by atoms with van der Waals surface area (Å²) in [6.07, 6.45) is 0. The first-order chi connectivity index (χ1) is 14.9. The van der Waals surface area contributed by atoms with Crippen molar-refractivity contribution in [3.8, 4) is 0 Å². The standard InChI is InChI=1S/C24H20ClN3O3/c1-15(17-8-10-18(11-9-17)24(30)31)26-23(29)22-20-4-2-3-5-21(20)27-28(22)14-16-6-12-19(25)13-7-16/h2-13,15H,14H2,1H3,(H,26,29)(H,30,31)/t15-/m0/s1. The lowest BCUT2D eigenvalue weighted by atomic mass is 10.1. The number of hydrogen-bond acceptors (Lipinski definition) is 3. The minimum absolute atomic E-state index is 0.203. The van der Waals surface area contributed by atoms with Gasteiger partial charge in [0.15, 0.2) is 0 Å². The highest BCUT2D eigenvalue weighted by atomic mass is 35.5. The first-order valence-corrected chi connectivity index (χ1v) is 10.1. The van der Waals surface area contributed by atoms with E-state index in [0.29, 0.717) is 17.3 Å². The van der Waals surface area contributed by atoms with E-state index in [2.05, 4.69) is 10.4 Å². The smallest absolute Gasteiger partial charge is 0.335 e. The molecule has 31 heavy (non-hydrogen) atoms. The average molecular weight is 434 g/mol. The zero-order valence-electron chi connectivity index (χ0n) is 16.7. The molecule has 0 saturated carbocycles. The monoisotopic (exact) mass is 433 g/mol. The van der Waals surface area contributed by atoms with Gasteiger partial charge in [-0.1, -0.05) is 54.1 Å². The summed E-state index contributed by atoms with van der Waals surface area (Å²) in [7, 11) is 0. The van der Waals surface area contributed by atoms with Crippen molar-refractivity contribution in [1.82, 2.24) is 15.1 Å². The van der Waals surface area contributed by atoms with Gasteiger partial charge in [0.25, 0.3) is 5.91 Å². The van der Waals surface area contributed by atoms with E-state index >= 15 is 0 Å². The maximum absolute atomic E-state index is 13.3. The van der Waals surface area contributed by atoms with Gasteiger partial charge in [-0.25, -0.2) is 4.79 Å². The summed E-state index contributed by atoms with van der Waals surface area (Å²) in [6, 6.07) is 21.1. The molecule has 3 aromatic carbocycles. The lowest BCUT2D eigenvalue weighted by Crippen LogP contribution is -2.29. The van der Waals surface area contributed by atoms with Crippen molar-refractivity contribution in [3.05, 3.63) is 100 Å². The van der Waals surface area contributed by atoms with Crippen molar-refractivity contribution in [2.45, 2.75) is 19.5 Å². The third kappa shape index (κ3) is 4.44. The van der Waals surface area contributed by atoms with Gasteiger partial charge in [-0.2, -0.15) is 5.10 Å². The predicted molar refractivity (Wildman–Crippen MR) is 120 cm³/mol. The van der Waals surface area contributed by atoms with Crippen LogP contribution in [0, 0.1) is 0 Å². The molecule has 0 bridgehead atoms. The van der Waals surface area contributed by atoms with Gasteiger partial charge in [0.2, 0.25) is 0 Å². The maximum atomic E-state index is 13.3. The number of carboxylic acids is 1. The van der Waals surface area contributed by atoms with E-state index in [4.69, 9.17) is 16.7 Å². The average Bonchev–Trinajstić information content (AvgIpc) is 3.13. The van der Waals surface area contributed by atoms with Gasteiger partial charge >= 0.3 is 5.97 Å². The van der Waals surface area contributed by atoms with Gasteiger partial charge in [0.1, 0.15) is 5.69 Å². The van der Waals surface area contributed by atoms with Crippen LogP contribution in [0.5, 0.6) is 0 Å². The zero-order valence-corrected chi connectivity index (χ0v) is 17.5. The van der Waals surface area contributed by atoms with Crippen LogP contribution < -0.4 is 5.32 Å². The first-order valence-electron chi connectivity index (χ1n) is 9.76. The van der Waals surface area contributed by atoms with Crippen LogP contribution in [0.15, 0.2) is 72.8 Å². The lowest BCUT2D eigenvalue weighted by Gasteiger charge is -2.16. The lowest BCUT2D eigenvalue weighted by molar-refractivity contribution is 0.0696. The number of carboxylic acid groups (broad SMARTS) is 1. The molecule has 1 atom stereocenters. The fourth-order valence-corrected chi connectivity index (χ4v) is 3.59. The van der Waals surface area contributed by atoms with Crippen molar-refractivity contribution in [3.63, 3.8) is 0 Å². The number of hydrogen-bond donors (Lipinski definition) is 2. The second kappa shape index (κ2) is 8.62. The Hall–Kier alpha value is -3.64. The van der Waals surface area contributed by atoms with Gasteiger partial charge in [0, 0.05) is 10.4 Å². The molecule has 0 unspecified atom stereocenters. The van der Waals surface area contributed by atoms with E-state index in [1.165, 1.54) is 12.1 Å². The van der Waals surface area contributed by atoms with E-state index < -0.39 is 5.97 Å². The van der Waals surface area contributed by atoms with Crippen molar-refractivity contribution in [2.75, 3.05) is 0 Å². The molecule has 0 aliphatic heterocycles. The van der Waals surface area contributed by atoms with Crippen LogP contribution >= 0.6 is 11.6 Å². The number of carbonyl (C=O) groups excluding carboxylic acids is 1. The number of nitrogens with one attached hydrogen (secondary N) is 1. The fraction of sp³-hybridized carbons (Fsp3) is 0.125. The summed E-state index contributed by atoms with van der Waals surface area (Å²) >= 11 is 5.98. The number of rotatable bonds is 6. The molecule has 1 amide bonds. The molecular formula is C24H20ClN3O3. The Kier molecular flexibility index (Phi) is 5.73. The minimum atomic E-state index is -0.985. The number of aromatic nitrogens is 2. The molecule has 0 radical (unpaired) electrons. The number of benzene rings is 3. The predicted octanol–water partition coefficient (Wildman–Crippen LogP) is 4.93. The molecule has 4 rings (SSSR count). The highest BCUT2D eigenvalue weighted by Gasteiger charge is 2.20.